The third-order valence-corrected chi connectivity index (χ3v) is 4.21. The van der Waals surface area contributed by atoms with Crippen LogP contribution in [0.25, 0.3) is 0 Å². The van der Waals surface area contributed by atoms with Gasteiger partial charge in [-0.15, -0.1) is 0 Å². The molecule has 106 valence electrons. The predicted molar refractivity (Wildman–Crippen MR) is 74.1 cm³/mol. The first-order chi connectivity index (χ1) is 9.20. The third kappa shape index (κ3) is 4.00. The van der Waals surface area contributed by atoms with E-state index in [1.807, 2.05) is 0 Å². The quantitative estimate of drug-likeness (QED) is 0.852. The summed E-state index contributed by atoms with van der Waals surface area (Å²) in [6.07, 6.45) is 5.47. The fraction of sp³-hybridized carbons (Fsp3) is 0.625. The normalized spacial score (nSPS) is 23.5. The molecule has 1 N–H and O–H groups in total. The van der Waals surface area contributed by atoms with Crippen molar-refractivity contribution in [2.75, 3.05) is 13.1 Å². The standard InChI is InChI=1S/C16H23F2N/c1-2-19-11-13-6-4-3-5-12(13)9-14-10-15(17)7-8-16(14)18/h7-8,10,12-13,19H,2-6,9,11H2,1H3. The van der Waals surface area contributed by atoms with Crippen LogP contribution in [-0.4, -0.2) is 13.1 Å². The lowest BCUT2D eigenvalue weighted by atomic mass is 9.76. The zero-order valence-corrected chi connectivity index (χ0v) is 11.6. The SMILES string of the molecule is CCNCC1CCCCC1Cc1cc(F)ccc1F. The van der Waals surface area contributed by atoms with E-state index in [0.717, 1.165) is 19.5 Å². The molecular formula is C16H23F2N. The minimum absolute atomic E-state index is 0.269. The molecule has 0 aliphatic heterocycles. The highest BCUT2D eigenvalue weighted by atomic mass is 19.1. The first-order valence-electron chi connectivity index (χ1n) is 7.35. The number of hydrogen-bond acceptors (Lipinski definition) is 1. The number of hydrogen-bond donors (Lipinski definition) is 1. The lowest BCUT2D eigenvalue weighted by Gasteiger charge is -2.32. The fourth-order valence-electron chi connectivity index (χ4n) is 3.13. The fourth-order valence-corrected chi connectivity index (χ4v) is 3.13. The summed E-state index contributed by atoms with van der Waals surface area (Å²) >= 11 is 0. The highest BCUT2D eigenvalue weighted by Gasteiger charge is 2.25. The summed E-state index contributed by atoms with van der Waals surface area (Å²) in [7, 11) is 0. The van der Waals surface area contributed by atoms with Gasteiger partial charge in [-0.05, 0) is 68.0 Å². The Morgan fingerprint density at radius 1 is 1.16 bits per heavy atom. The number of rotatable bonds is 5. The van der Waals surface area contributed by atoms with Gasteiger partial charge in [0.05, 0.1) is 0 Å². The van der Waals surface area contributed by atoms with E-state index >= 15 is 0 Å². The second-order valence-electron chi connectivity index (χ2n) is 5.55. The minimum Gasteiger partial charge on any atom is -0.317 e. The van der Waals surface area contributed by atoms with E-state index in [0.29, 0.717) is 23.8 Å². The highest BCUT2D eigenvalue weighted by Crippen LogP contribution is 2.32. The van der Waals surface area contributed by atoms with Crippen molar-refractivity contribution < 1.29 is 8.78 Å². The molecule has 1 aromatic carbocycles. The van der Waals surface area contributed by atoms with Crippen molar-refractivity contribution in [2.45, 2.75) is 39.0 Å². The van der Waals surface area contributed by atoms with Gasteiger partial charge in [-0.1, -0.05) is 19.8 Å². The molecule has 19 heavy (non-hydrogen) atoms. The topological polar surface area (TPSA) is 12.0 Å². The Morgan fingerprint density at radius 2 is 1.89 bits per heavy atom. The second kappa shape index (κ2) is 6.99. The molecule has 1 fully saturated rings. The molecule has 0 spiro atoms. The Morgan fingerprint density at radius 3 is 2.63 bits per heavy atom. The molecule has 3 heteroatoms. The van der Waals surface area contributed by atoms with Crippen LogP contribution in [0.2, 0.25) is 0 Å². The zero-order valence-electron chi connectivity index (χ0n) is 11.6. The molecule has 1 nitrogen and oxygen atoms in total. The predicted octanol–water partition coefficient (Wildman–Crippen LogP) is 3.92. The van der Waals surface area contributed by atoms with Crippen LogP contribution in [-0.2, 0) is 6.42 Å². The largest absolute Gasteiger partial charge is 0.317 e. The molecule has 0 amide bonds. The average Bonchev–Trinajstić information content (AvgIpc) is 2.42. The van der Waals surface area contributed by atoms with Crippen molar-refractivity contribution >= 4 is 0 Å². The zero-order chi connectivity index (χ0) is 13.7. The van der Waals surface area contributed by atoms with Crippen LogP contribution in [0.3, 0.4) is 0 Å². The average molecular weight is 267 g/mol. The number of nitrogens with one attached hydrogen (secondary N) is 1. The maximum Gasteiger partial charge on any atom is 0.126 e. The molecule has 1 aliphatic rings. The summed E-state index contributed by atoms with van der Waals surface area (Å²) in [6, 6.07) is 3.79. The molecule has 0 radical (unpaired) electrons. The Hall–Kier alpha value is -0.960. The van der Waals surface area contributed by atoms with Gasteiger partial charge in [0, 0.05) is 0 Å². The monoisotopic (exact) mass is 267 g/mol. The molecule has 2 unspecified atom stereocenters. The molecule has 0 bridgehead atoms. The van der Waals surface area contributed by atoms with Gasteiger partial charge in [0.2, 0.25) is 0 Å². The van der Waals surface area contributed by atoms with Gasteiger partial charge < -0.3 is 5.32 Å². The van der Waals surface area contributed by atoms with E-state index in [9.17, 15) is 8.78 Å². The molecule has 1 saturated carbocycles. The van der Waals surface area contributed by atoms with Gasteiger partial charge in [-0.2, -0.15) is 0 Å². The molecule has 2 rings (SSSR count). The van der Waals surface area contributed by atoms with Gasteiger partial charge in [0.15, 0.2) is 0 Å². The second-order valence-corrected chi connectivity index (χ2v) is 5.55. The van der Waals surface area contributed by atoms with Crippen molar-refractivity contribution in [1.29, 1.82) is 0 Å². The van der Waals surface area contributed by atoms with Crippen molar-refractivity contribution in [3.05, 3.63) is 35.4 Å². The van der Waals surface area contributed by atoms with Crippen LogP contribution in [0, 0.1) is 23.5 Å². The summed E-state index contributed by atoms with van der Waals surface area (Å²) in [6.45, 7) is 4.07. The molecule has 2 atom stereocenters. The Kier molecular flexibility index (Phi) is 5.32. The molecule has 0 saturated heterocycles. The van der Waals surface area contributed by atoms with Gasteiger partial charge in [0.1, 0.15) is 11.6 Å². The summed E-state index contributed by atoms with van der Waals surface area (Å²) in [5, 5.41) is 3.39. The van der Waals surface area contributed by atoms with Crippen LogP contribution in [0.4, 0.5) is 8.78 Å². The number of halogens is 2. The van der Waals surface area contributed by atoms with Gasteiger partial charge >= 0.3 is 0 Å². The van der Waals surface area contributed by atoms with Crippen LogP contribution in [0.5, 0.6) is 0 Å². The van der Waals surface area contributed by atoms with Crippen LogP contribution < -0.4 is 5.32 Å². The Labute approximate surface area is 114 Å². The Balaban J connectivity index is 2.04. The van der Waals surface area contributed by atoms with E-state index in [1.165, 1.54) is 37.5 Å². The number of benzene rings is 1. The molecule has 1 aliphatic carbocycles. The summed E-state index contributed by atoms with van der Waals surface area (Å²) in [5.74, 6) is 0.463. The minimum atomic E-state index is -0.338. The van der Waals surface area contributed by atoms with Crippen molar-refractivity contribution in [3.63, 3.8) is 0 Å². The van der Waals surface area contributed by atoms with E-state index in [-0.39, 0.29) is 11.6 Å². The smallest absolute Gasteiger partial charge is 0.126 e. The lowest BCUT2D eigenvalue weighted by molar-refractivity contribution is 0.228. The Bertz CT molecular complexity index is 406. The van der Waals surface area contributed by atoms with Crippen molar-refractivity contribution in [2.24, 2.45) is 11.8 Å². The molecule has 0 heterocycles. The molecule has 1 aromatic rings. The summed E-state index contributed by atoms with van der Waals surface area (Å²) < 4.78 is 26.9. The van der Waals surface area contributed by atoms with Crippen LogP contribution >= 0.6 is 0 Å². The molecule has 0 aromatic heterocycles. The maximum absolute atomic E-state index is 13.7. The highest BCUT2D eigenvalue weighted by molar-refractivity contribution is 5.19. The maximum atomic E-state index is 13.7. The third-order valence-electron chi connectivity index (χ3n) is 4.21. The van der Waals surface area contributed by atoms with Crippen LogP contribution in [0.15, 0.2) is 18.2 Å². The van der Waals surface area contributed by atoms with Gasteiger partial charge in [-0.25, -0.2) is 8.78 Å². The van der Waals surface area contributed by atoms with E-state index in [2.05, 4.69) is 12.2 Å². The first kappa shape index (κ1) is 14.4. The first-order valence-corrected chi connectivity index (χ1v) is 7.35. The van der Waals surface area contributed by atoms with Gasteiger partial charge in [0.25, 0.3) is 0 Å². The summed E-state index contributed by atoms with van der Waals surface area (Å²) in [4.78, 5) is 0. The van der Waals surface area contributed by atoms with E-state index in [4.69, 9.17) is 0 Å². The van der Waals surface area contributed by atoms with Crippen molar-refractivity contribution in [1.82, 2.24) is 5.32 Å². The van der Waals surface area contributed by atoms with Gasteiger partial charge in [-0.3, -0.25) is 0 Å². The lowest BCUT2D eigenvalue weighted by Crippen LogP contribution is -2.31. The summed E-state index contributed by atoms with van der Waals surface area (Å²) in [5.41, 5.74) is 0.536. The van der Waals surface area contributed by atoms with E-state index < -0.39 is 0 Å². The van der Waals surface area contributed by atoms with Crippen molar-refractivity contribution in [3.8, 4) is 0 Å². The van der Waals surface area contributed by atoms with E-state index in [1.54, 1.807) is 0 Å². The molecular weight excluding hydrogens is 244 g/mol. The van der Waals surface area contributed by atoms with Crippen LogP contribution in [0.1, 0.15) is 38.2 Å².